The number of pyridine rings is 1. The van der Waals surface area contributed by atoms with Crippen LogP contribution < -0.4 is 10.1 Å². The van der Waals surface area contributed by atoms with Crippen LogP contribution in [0, 0.1) is 11.2 Å². The summed E-state index contributed by atoms with van der Waals surface area (Å²) >= 11 is 0. The Morgan fingerprint density at radius 1 is 1.31 bits per heavy atom. The summed E-state index contributed by atoms with van der Waals surface area (Å²) < 4.78 is 19.6. The summed E-state index contributed by atoms with van der Waals surface area (Å²) in [4.78, 5) is 27.2. The molecule has 1 aromatic carbocycles. The van der Waals surface area contributed by atoms with E-state index in [1.807, 2.05) is 0 Å². The highest BCUT2D eigenvalue weighted by Crippen LogP contribution is 2.44. The molecule has 1 aromatic heterocycles. The minimum absolute atomic E-state index is 0.0486. The lowest BCUT2D eigenvalue weighted by atomic mass is 9.66. The monoisotopic (exact) mass is 358 g/mol. The van der Waals surface area contributed by atoms with Gasteiger partial charge in [-0.2, -0.15) is 0 Å². The zero-order valence-corrected chi connectivity index (χ0v) is 14.1. The van der Waals surface area contributed by atoms with Crippen molar-refractivity contribution in [2.75, 3.05) is 0 Å². The summed E-state index contributed by atoms with van der Waals surface area (Å²) in [6.45, 7) is 0.124. The van der Waals surface area contributed by atoms with Crippen molar-refractivity contribution in [1.29, 1.82) is 0 Å². The van der Waals surface area contributed by atoms with Gasteiger partial charge < -0.3 is 15.2 Å². The van der Waals surface area contributed by atoms with E-state index in [-0.39, 0.29) is 24.6 Å². The number of benzene rings is 1. The van der Waals surface area contributed by atoms with Gasteiger partial charge in [-0.3, -0.25) is 14.6 Å². The molecule has 0 aliphatic heterocycles. The molecule has 0 bridgehead atoms. The number of aliphatic carboxylic acids is 1. The van der Waals surface area contributed by atoms with Crippen molar-refractivity contribution in [3.05, 3.63) is 54.1 Å². The van der Waals surface area contributed by atoms with Gasteiger partial charge in [0, 0.05) is 19.2 Å². The van der Waals surface area contributed by atoms with Crippen LogP contribution in [-0.2, 0) is 16.1 Å². The van der Waals surface area contributed by atoms with Crippen LogP contribution >= 0.6 is 0 Å². The molecule has 2 aromatic rings. The minimum atomic E-state index is -0.934. The van der Waals surface area contributed by atoms with Crippen molar-refractivity contribution in [2.24, 2.45) is 5.41 Å². The zero-order valence-electron chi connectivity index (χ0n) is 14.1. The van der Waals surface area contributed by atoms with E-state index in [2.05, 4.69) is 10.3 Å². The van der Waals surface area contributed by atoms with Crippen LogP contribution in [0.15, 0.2) is 42.7 Å². The van der Waals surface area contributed by atoms with Gasteiger partial charge in [-0.1, -0.05) is 12.5 Å². The van der Waals surface area contributed by atoms with Gasteiger partial charge in [-0.05, 0) is 42.7 Å². The number of amides is 1. The average molecular weight is 358 g/mol. The molecule has 136 valence electrons. The largest absolute Gasteiger partial charge is 0.481 e. The quantitative estimate of drug-likeness (QED) is 0.793. The Hall–Kier alpha value is -2.96. The number of hydrogen-bond donors (Lipinski definition) is 2. The highest BCUT2D eigenvalue weighted by atomic mass is 19.1. The number of nitrogens with zero attached hydrogens (tertiary/aromatic N) is 1. The van der Waals surface area contributed by atoms with Gasteiger partial charge in [0.05, 0.1) is 11.6 Å². The van der Waals surface area contributed by atoms with Gasteiger partial charge in [-0.25, -0.2) is 4.39 Å². The van der Waals surface area contributed by atoms with Crippen LogP contribution in [0.4, 0.5) is 4.39 Å². The first kappa shape index (κ1) is 17.8. The maximum atomic E-state index is 14.2. The smallest absolute Gasteiger partial charge is 0.310 e. The Bertz CT molecular complexity index is 806. The predicted octanol–water partition coefficient (Wildman–Crippen LogP) is 3.27. The summed E-state index contributed by atoms with van der Waals surface area (Å²) in [5, 5.41) is 11.9. The Balaban J connectivity index is 1.56. The van der Waals surface area contributed by atoms with Crippen molar-refractivity contribution in [1.82, 2.24) is 10.3 Å². The number of nitrogens with one attached hydrogen (secondary N) is 1. The number of ether oxygens (including phenoxy) is 1. The highest BCUT2D eigenvalue weighted by Gasteiger charge is 2.45. The first-order valence-electron chi connectivity index (χ1n) is 8.35. The van der Waals surface area contributed by atoms with Gasteiger partial charge >= 0.3 is 5.97 Å². The van der Waals surface area contributed by atoms with Crippen molar-refractivity contribution in [3.63, 3.8) is 0 Å². The van der Waals surface area contributed by atoms with E-state index < -0.39 is 17.2 Å². The molecule has 3 rings (SSSR count). The molecule has 1 aliphatic rings. The van der Waals surface area contributed by atoms with E-state index in [0.29, 0.717) is 24.2 Å². The number of halogens is 1. The maximum absolute atomic E-state index is 14.2. The van der Waals surface area contributed by atoms with Crippen molar-refractivity contribution in [2.45, 2.75) is 32.2 Å². The molecule has 1 aliphatic carbocycles. The molecule has 1 heterocycles. The minimum Gasteiger partial charge on any atom is -0.481 e. The zero-order chi connectivity index (χ0) is 18.6. The van der Waals surface area contributed by atoms with Gasteiger partial charge in [0.25, 0.3) is 0 Å². The lowest BCUT2D eigenvalue weighted by Crippen LogP contribution is -2.42. The van der Waals surface area contributed by atoms with Crippen LogP contribution in [0.3, 0.4) is 0 Å². The average Bonchev–Trinajstić information content (AvgIpc) is 2.59. The lowest BCUT2D eigenvalue weighted by Gasteiger charge is -2.36. The molecule has 26 heavy (non-hydrogen) atoms. The third-order valence-electron chi connectivity index (χ3n) is 4.61. The third kappa shape index (κ3) is 3.99. The van der Waals surface area contributed by atoms with Crippen molar-refractivity contribution < 1.29 is 23.8 Å². The molecular formula is C19H19FN2O4. The fourth-order valence-corrected chi connectivity index (χ4v) is 2.91. The summed E-state index contributed by atoms with van der Waals surface area (Å²) in [7, 11) is 0. The third-order valence-corrected chi connectivity index (χ3v) is 4.61. The van der Waals surface area contributed by atoms with E-state index in [9.17, 15) is 19.1 Å². The van der Waals surface area contributed by atoms with E-state index in [4.69, 9.17) is 4.74 Å². The Kier molecular flexibility index (Phi) is 5.16. The first-order chi connectivity index (χ1) is 12.5. The van der Waals surface area contributed by atoms with Gasteiger partial charge in [0.1, 0.15) is 5.75 Å². The molecule has 1 saturated carbocycles. The lowest BCUT2D eigenvalue weighted by molar-refractivity contribution is -0.157. The Labute approximate surface area is 150 Å². The number of aromatic nitrogens is 1. The number of carbonyl (C=O) groups is 2. The summed E-state index contributed by atoms with van der Waals surface area (Å²) in [6, 6.07) is 7.75. The van der Waals surface area contributed by atoms with Gasteiger partial charge in [-0.15, -0.1) is 0 Å². The number of hydrogen-bond acceptors (Lipinski definition) is 4. The topological polar surface area (TPSA) is 88.5 Å². The molecule has 0 atom stereocenters. The molecule has 1 fully saturated rings. The van der Waals surface area contributed by atoms with E-state index >= 15 is 0 Å². The number of carbonyl (C=O) groups excluding carboxylic acids is 1. The molecule has 2 N–H and O–H groups in total. The van der Waals surface area contributed by atoms with Crippen molar-refractivity contribution in [3.8, 4) is 11.5 Å². The molecule has 0 spiro atoms. The second kappa shape index (κ2) is 7.51. The Morgan fingerprint density at radius 3 is 2.69 bits per heavy atom. The number of rotatable bonds is 7. The highest BCUT2D eigenvalue weighted by molar-refractivity contribution is 5.85. The molecule has 6 nitrogen and oxygen atoms in total. The molecular weight excluding hydrogens is 339 g/mol. The van der Waals surface area contributed by atoms with Crippen molar-refractivity contribution >= 4 is 11.9 Å². The van der Waals surface area contributed by atoms with Gasteiger partial charge in [0.15, 0.2) is 11.6 Å². The second-order valence-electron chi connectivity index (χ2n) is 6.45. The predicted molar refractivity (Wildman–Crippen MR) is 91.1 cm³/mol. The number of carboxylic acids is 1. The molecule has 0 unspecified atom stereocenters. The second-order valence-corrected chi connectivity index (χ2v) is 6.45. The summed E-state index contributed by atoms with van der Waals surface area (Å²) in [6.07, 6.45) is 4.88. The van der Waals surface area contributed by atoms with E-state index in [0.717, 1.165) is 6.42 Å². The van der Waals surface area contributed by atoms with Crippen LogP contribution in [0.1, 0.15) is 31.2 Å². The first-order valence-corrected chi connectivity index (χ1v) is 8.35. The van der Waals surface area contributed by atoms with E-state index in [1.165, 1.54) is 18.3 Å². The maximum Gasteiger partial charge on any atom is 0.310 e. The van der Waals surface area contributed by atoms with Gasteiger partial charge in [0.2, 0.25) is 5.91 Å². The molecule has 7 heteroatoms. The summed E-state index contributed by atoms with van der Waals surface area (Å²) in [5.41, 5.74) is -0.371. The fraction of sp³-hybridized carbons (Fsp3) is 0.316. The van der Waals surface area contributed by atoms with Crippen LogP contribution in [0.2, 0.25) is 0 Å². The molecule has 1 amide bonds. The summed E-state index contributed by atoms with van der Waals surface area (Å²) in [5.74, 6) is -1.34. The van der Waals surface area contributed by atoms with Crippen LogP contribution in [0.5, 0.6) is 11.5 Å². The molecule has 0 radical (unpaired) electrons. The Morgan fingerprint density at radius 2 is 2.12 bits per heavy atom. The standard InChI is InChI=1S/C19H19FN2O4/c20-15-9-13(4-5-16(15)26-14-3-1-8-21-12-14)11-22-17(23)10-19(18(24)25)6-2-7-19/h1,3-5,8-9,12H,2,6-7,10-11H2,(H,22,23)(H,24,25). The van der Waals surface area contributed by atoms with Crippen LogP contribution in [-0.4, -0.2) is 22.0 Å². The number of carboxylic acid groups (broad SMARTS) is 1. The van der Waals surface area contributed by atoms with E-state index in [1.54, 1.807) is 24.4 Å². The normalized spacial score (nSPS) is 15.0. The fourth-order valence-electron chi connectivity index (χ4n) is 2.91. The van der Waals surface area contributed by atoms with Crippen LogP contribution in [0.25, 0.3) is 0 Å². The molecule has 0 saturated heterocycles. The SMILES string of the molecule is O=C(CC1(C(=O)O)CCC1)NCc1ccc(Oc2cccnc2)c(F)c1.